The average molecular weight is 318 g/mol. The normalized spacial score (nSPS) is 18.7. The zero-order chi connectivity index (χ0) is 17.0. The van der Waals surface area contributed by atoms with Gasteiger partial charge in [-0.3, -0.25) is 0 Å². The Balaban J connectivity index is 2.03. The van der Waals surface area contributed by atoms with Crippen molar-refractivity contribution >= 4 is 11.8 Å². The lowest BCUT2D eigenvalue weighted by Crippen LogP contribution is -2.47. The molecule has 1 atom stereocenters. The molecule has 1 aromatic carbocycles. The second kappa shape index (κ2) is 7.24. The van der Waals surface area contributed by atoms with E-state index >= 15 is 0 Å². The van der Waals surface area contributed by atoms with Crippen LogP contribution in [0.1, 0.15) is 51.7 Å². The van der Waals surface area contributed by atoms with Gasteiger partial charge in [0.2, 0.25) is 0 Å². The fourth-order valence-electron chi connectivity index (χ4n) is 3.02. The number of rotatable bonds is 3. The summed E-state index contributed by atoms with van der Waals surface area (Å²) in [5.41, 5.74) is 3.38. The molecule has 0 radical (unpaired) electrons. The third-order valence-electron chi connectivity index (χ3n) is 4.16. The molecule has 1 N–H and O–H groups in total. The molecule has 128 valence electrons. The van der Waals surface area contributed by atoms with E-state index in [1.807, 2.05) is 25.7 Å². The Morgan fingerprint density at radius 3 is 2.78 bits per heavy atom. The molecule has 4 nitrogen and oxygen atoms in total. The minimum atomic E-state index is -0.442. The van der Waals surface area contributed by atoms with Gasteiger partial charge in [-0.1, -0.05) is 25.1 Å². The molecule has 0 saturated carbocycles. The van der Waals surface area contributed by atoms with Crippen molar-refractivity contribution in [3.63, 3.8) is 0 Å². The lowest BCUT2D eigenvalue weighted by atomic mass is 10.0. The second-order valence-electron chi connectivity index (χ2n) is 7.37. The molecule has 4 heteroatoms. The molecule has 1 aliphatic rings. The number of amides is 1. The Morgan fingerprint density at radius 2 is 2.13 bits per heavy atom. The van der Waals surface area contributed by atoms with Gasteiger partial charge in [0.25, 0.3) is 0 Å². The number of benzene rings is 1. The predicted molar refractivity (Wildman–Crippen MR) is 95.0 cm³/mol. The molecule has 1 aromatic rings. The van der Waals surface area contributed by atoms with Gasteiger partial charge in [0.1, 0.15) is 5.60 Å². The molecule has 0 aliphatic carbocycles. The fraction of sp³-hybridized carbons (Fsp3) is 0.632. The molecule has 1 saturated heterocycles. The molecule has 1 amide bonds. The number of piperidine rings is 1. The molecular formula is C19H30N2O2. The fourth-order valence-corrected chi connectivity index (χ4v) is 3.02. The van der Waals surface area contributed by atoms with Gasteiger partial charge >= 0.3 is 6.09 Å². The highest BCUT2D eigenvalue weighted by Crippen LogP contribution is 2.25. The van der Waals surface area contributed by atoms with Gasteiger partial charge in [0.05, 0.1) is 0 Å². The summed E-state index contributed by atoms with van der Waals surface area (Å²) in [6, 6.07) is 6.69. The first-order valence-corrected chi connectivity index (χ1v) is 8.63. The molecule has 1 fully saturated rings. The summed E-state index contributed by atoms with van der Waals surface area (Å²) in [5.74, 6) is 0. The topological polar surface area (TPSA) is 41.6 Å². The summed E-state index contributed by atoms with van der Waals surface area (Å²) in [6.07, 6.45) is 2.89. The third-order valence-corrected chi connectivity index (χ3v) is 4.16. The molecule has 1 aliphatic heterocycles. The summed E-state index contributed by atoms with van der Waals surface area (Å²) in [4.78, 5) is 14.1. The number of carbonyl (C=O) groups is 1. The zero-order valence-electron chi connectivity index (χ0n) is 15.1. The Bertz CT molecular complexity index is 549. The molecule has 2 rings (SSSR count). The first-order valence-electron chi connectivity index (χ1n) is 8.63. The summed E-state index contributed by atoms with van der Waals surface area (Å²) < 4.78 is 5.50. The van der Waals surface area contributed by atoms with Crippen molar-refractivity contribution in [2.45, 2.75) is 65.5 Å². The summed E-state index contributed by atoms with van der Waals surface area (Å²) in [7, 11) is 0. The van der Waals surface area contributed by atoms with Crippen LogP contribution in [-0.2, 0) is 11.2 Å². The quantitative estimate of drug-likeness (QED) is 0.900. The highest BCUT2D eigenvalue weighted by molar-refractivity contribution is 5.68. The van der Waals surface area contributed by atoms with Crippen LogP contribution in [0.3, 0.4) is 0 Å². The standard InChI is InChI=1S/C19H30N2O2/c1-6-15-10-7-9-14(2)17(15)20-16-11-8-12-21(13-16)18(22)23-19(3,4)5/h7,9-10,16,20H,6,8,11-13H2,1-5H3. The van der Waals surface area contributed by atoms with Gasteiger partial charge in [-0.15, -0.1) is 0 Å². The smallest absolute Gasteiger partial charge is 0.410 e. The first-order chi connectivity index (χ1) is 10.8. The Labute approximate surface area is 140 Å². The van der Waals surface area contributed by atoms with E-state index in [0.29, 0.717) is 6.54 Å². The maximum absolute atomic E-state index is 12.3. The van der Waals surface area contributed by atoms with Crippen LogP contribution >= 0.6 is 0 Å². The molecule has 1 unspecified atom stereocenters. The SMILES string of the molecule is CCc1cccc(C)c1NC1CCCN(C(=O)OC(C)(C)C)C1. The van der Waals surface area contributed by atoms with E-state index in [1.165, 1.54) is 16.8 Å². The number of nitrogens with zero attached hydrogens (tertiary/aromatic N) is 1. The first kappa shape index (κ1) is 17.6. The highest BCUT2D eigenvalue weighted by atomic mass is 16.6. The van der Waals surface area contributed by atoms with Gasteiger partial charge in [0, 0.05) is 24.8 Å². The number of hydrogen-bond acceptors (Lipinski definition) is 3. The van der Waals surface area contributed by atoms with Crippen LogP contribution in [0.2, 0.25) is 0 Å². The van der Waals surface area contributed by atoms with Crippen LogP contribution in [0, 0.1) is 6.92 Å². The van der Waals surface area contributed by atoms with Crippen LogP contribution in [0.4, 0.5) is 10.5 Å². The molecule has 1 heterocycles. The number of carbonyl (C=O) groups excluding carboxylic acids is 1. The van der Waals surface area contributed by atoms with E-state index in [9.17, 15) is 4.79 Å². The van der Waals surface area contributed by atoms with Crippen molar-refractivity contribution in [2.75, 3.05) is 18.4 Å². The van der Waals surface area contributed by atoms with Crippen LogP contribution in [0.5, 0.6) is 0 Å². The highest BCUT2D eigenvalue weighted by Gasteiger charge is 2.27. The van der Waals surface area contributed by atoms with Gasteiger partial charge < -0.3 is 15.0 Å². The number of likely N-dealkylation sites (tertiary alicyclic amines) is 1. The molecule has 0 spiro atoms. The van der Waals surface area contributed by atoms with Crippen LogP contribution in [0.25, 0.3) is 0 Å². The Hall–Kier alpha value is -1.71. The minimum absolute atomic E-state index is 0.204. The van der Waals surface area contributed by atoms with Crippen molar-refractivity contribution in [1.29, 1.82) is 0 Å². The third kappa shape index (κ3) is 4.88. The van der Waals surface area contributed by atoms with Crippen LogP contribution in [0.15, 0.2) is 18.2 Å². The maximum atomic E-state index is 12.3. The van der Waals surface area contributed by atoms with Gasteiger partial charge in [-0.25, -0.2) is 4.79 Å². The van der Waals surface area contributed by atoms with E-state index in [-0.39, 0.29) is 12.1 Å². The van der Waals surface area contributed by atoms with E-state index in [2.05, 4.69) is 37.4 Å². The van der Waals surface area contributed by atoms with Crippen molar-refractivity contribution in [1.82, 2.24) is 4.90 Å². The lowest BCUT2D eigenvalue weighted by Gasteiger charge is -2.35. The van der Waals surface area contributed by atoms with Crippen molar-refractivity contribution in [3.05, 3.63) is 29.3 Å². The number of ether oxygens (including phenoxy) is 1. The van der Waals surface area contributed by atoms with Gasteiger partial charge in [0.15, 0.2) is 0 Å². The summed E-state index contributed by atoms with van der Waals surface area (Å²) in [5, 5.41) is 3.67. The molecule has 23 heavy (non-hydrogen) atoms. The second-order valence-corrected chi connectivity index (χ2v) is 7.37. The van der Waals surface area contributed by atoms with Gasteiger partial charge in [-0.05, 0) is 58.1 Å². The summed E-state index contributed by atoms with van der Waals surface area (Å²) >= 11 is 0. The van der Waals surface area contributed by atoms with Crippen molar-refractivity contribution in [3.8, 4) is 0 Å². The van der Waals surface area contributed by atoms with E-state index in [0.717, 1.165) is 25.8 Å². The number of hydrogen-bond donors (Lipinski definition) is 1. The monoisotopic (exact) mass is 318 g/mol. The number of aryl methyl sites for hydroxylation is 2. The Kier molecular flexibility index (Phi) is 5.55. The zero-order valence-corrected chi connectivity index (χ0v) is 15.1. The summed E-state index contributed by atoms with van der Waals surface area (Å²) in [6.45, 7) is 11.5. The molecule has 0 aromatic heterocycles. The van der Waals surface area contributed by atoms with Gasteiger partial charge in [-0.2, -0.15) is 0 Å². The van der Waals surface area contributed by atoms with E-state index in [4.69, 9.17) is 4.74 Å². The number of para-hydroxylation sites is 1. The minimum Gasteiger partial charge on any atom is -0.444 e. The van der Waals surface area contributed by atoms with Crippen molar-refractivity contribution < 1.29 is 9.53 Å². The van der Waals surface area contributed by atoms with Crippen molar-refractivity contribution in [2.24, 2.45) is 0 Å². The van der Waals surface area contributed by atoms with E-state index < -0.39 is 5.60 Å². The Morgan fingerprint density at radius 1 is 1.39 bits per heavy atom. The maximum Gasteiger partial charge on any atom is 0.410 e. The lowest BCUT2D eigenvalue weighted by molar-refractivity contribution is 0.0206. The number of anilines is 1. The average Bonchev–Trinajstić information content (AvgIpc) is 2.48. The largest absolute Gasteiger partial charge is 0.444 e. The van der Waals surface area contributed by atoms with Crippen LogP contribution in [-0.4, -0.2) is 35.7 Å². The molecule has 0 bridgehead atoms. The number of nitrogens with one attached hydrogen (secondary N) is 1. The van der Waals surface area contributed by atoms with Crippen LogP contribution < -0.4 is 5.32 Å². The molecular weight excluding hydrogens is 288 g/mol. The predicted octanol–water partition coefficient (Wildman–Crippen LogP) is 4.37. The van der Waals surface area contributed by atoms with E-state index in [1.54, 1.807) is 0 Å².